The minimum atomic E-state index is -0.492. The first-order chi connectivity index (χ1) is 11.8. The molecule has 0 aliphatic heterocycles. The average Bonchev–Trinajstić information content (AvgIpc) is 2.54. The fourth-order valence-electron chi connectivity index (χ4n) is 2.65. The second-order valence-corrected chi connectivity index (χ2v) is 5.96. The lowest BCUT2D eigenvalue weighted by Gasteiger charge is -2.18. The lowest BCUT2D eigenvalue weighted by molar-refractivity contribution is 0.0999. The first kappa shape index (κ1) is 18.3. The molecule has 3 amide bonds. The first-order valence-electron chi connectivity index (χ1n) is 7.94. The maximum atomic E-state index is 12.3. The SMILES string of the molecule is COc1ccc(C)cc1C(C)NC(=O)Nc1ccc(C(N)=O)c(C)c1. The molecule has 0 saturated heterocycles. The number of anilines is 1. The largest absolute Gasteiger partial charge is 0.496 e. The van der Waals surface area contributed by atoms with E-state index in [1.165, 1.54) is 0 Å². The Hall–Kier alpha value is -3.02. The minimum Gasteiger partial charge on any atom is -0.496 e. The smallest absolute Gasteiger partial charge is 0.319 e. The van der Waals surface area contributed by atoms with E-state index in [1.54, 1.807) is 32.2 Å². The second kappa shape index (κ2) is 7.70. The molecule has 6 nitrogen and oxygen atoms in total. The highest BCUT2D eigenvalue weighted by molar-refractivity contribution is 5.96. The normalized spacial score (nSPS) is 11.5. The Bertz CT molecular complexity index is 802. The van der Waals surface area contributed by atoms with Gasteiger partial charge in [0, 0.05) is 16.8 Å². The number of nitrogens with one attached hydrogen (secondary N) is 2. The maximum absolute atomic E-state index is 12.3. The van der Waals surface area contributed by atoms with Gasteiger partial charge < -0.3 is 21.1 Å². The van der Waals surface area contributed by atoms with Gasteiger partial charge in [-0.15, -0.1) is 0 Å². The third kappa shape index (κ3) is 4.50. The highest BCUT2D eigenvalue weighted by Crippen LogP contribution is 2.26. The van der Waals surface area contributed by atoms with Gasteiger partial charge in [-0.3, -0.25) is 4.79 Å². The summed E-state index contributed by atoms with van der Waals surface area (Å²) in [6.45, 7) is 5.64. The number of primary amides is 1. The molecular weight excluding hydrogens is 318 g/mol. The van der Waals surface area contributed by atoms with Crippen molar-refractivity contribution in [1.29, 1.82) is 0 Å². The lowest BCUT2D eigenvalue weighted by atomic mass is 10.0. The van der Waals surface area contributed by atoms with E-state index >= 15 is 0 Å². The topological polar surface area (TPSA) is 93.4 Å². The zero-order valence-corrected chi connectivity index (χ0v) is 14.8. The lowest BCUT2D eigenvalue weighted by Crippen LogP contribution is -2.31. The van der Waals surface area contributed by atoms with Crippen LogP contribution in [0.25, 0.3) is 0 Å². The highest BCUT2D eigenvalue weighted by Gasteiger charge is 2.15. The number of carbonyl (C=O) groups excluding carboxylic acids is 2. The molecule has 6 heteroatoms. The van der Waals surface area contributed by atoms with E-state index in [9.17, 15) is 9.59 Å². The number of aryl methyl sites for hydroxylation is 2. The molecule has 25 heavy (non-hydrogen) atoms. The predicted octanol–water partition coefficient (Wildman–Crippen LogP) is 3.29. The molecular formula is C19H23N3O3. The van der Waals surface area contributed by atoms with Crippen LogP contribution in [0.3, 0.4) is 0 Å². The zero-order chi connectivity index (χ0) is 18.6. The van der Waals surface area contributed by atoms with Crippen LogP contribution in [0.2, 0.25) is 0 Å². The molecule has 0 fully saturated rings. The second-order valence-electron chi connectivity index (χ2n) is 5.96. The van der Waals surface area contributed by atoms with Crippen molar-refractivity contribution in [1.82, 2.24) is 5.32 Å². The van der Waals surface area contributed by atoms with Crippen molar-refractivity contribution >= 4 is 17.6 Å². The molecule has 4 N–H and O–H groups in total. The van der Waals surface area contributed by atoms with Gasteiger partial charge in [0.05, 0.1) is 13.2 Å². The Labute approximate surface area is 147 Å². The Morgan fingerprint density at radius 2 is 1.84 bits per heavy atom. The molecule has 0 radical (unpaired) electrons. The molecule has 0 aromatic heterocycles. The summed E-state index contributed by atoms with van der Waals surface area (Å²) < 4.78 is 5.36. The Morgan fingerprint density at radius 3 is 2.44 bits per heavy atom. The summed E-state index contributed by atoms with van der Waals surface area (Å²) in [5.74, 6) is 0.230. The van der Waals surface area contributed by atoms with E-state index in [2.05, 4.69) is 10.6 Å². The Kier molecular flexibility index (Phi) is 5.64. The quantitative estimate of drug-likeness (QED) is 0.779. The van der Waals surface area contributed by atoms with Crippen LogP contribution in [-0.2, 0) is 0 Å². The van der Waals surface area contributed by atoms with Gasteiger partial charge in [0.1, 0.15) is 5.75 Å². The fourth-order valence-corrected chi connectivity index (χ4v) is 2.65. The molecule has 1 atom stereocenters. The van der Waals surface area contributed by atoms with Gasteiger partial charge in [0.25, 0.3) is 0 Å². The molecule has 0 bridgehead atoms. The monoisotopic (exact) mass is 341 g/mol. The van der Waals surface area contributed by atoms with Crippen molar-refractivity contribution in [3.05, 3.63) is 58.7 Å². The molecule has 2 aromatic rings. The molecule has 0 aliphatic carbocycles. The molecule has 0 saturated carbocycles. The zero-order valence-electron chi connectivity index (χ0n) is 14.8. The van der Waals surface area contributed by atoms with Crippen LogP contribution in [0.15, 0.2) is 36.4 Å². The number of amides is 3. The van der Waals surface area contributed by atoms with E-state index in [0.717, 1.165) is 16.9 Å². The van der Waals surface area contributed by atoms with E-state index in [-0.39, 0.29) is 12.1 Å². The van der Waals surface area contributed by atoms with Crippen molar-refractivity contribution in [2.75, 3.05) is 12.4 Å². The number of benzene rings is 2. The van der Waals surface area contributed by atoms with Gasteiger partial charge in [0.2, 0.25) is 5.91 Å². The Balaban J connectivity index is 2.09. The Morgan fingerprint density at radius 1 is 1.12 bits per heavy atom. The number of methoxy groups -OCH3 is 1. The number of ether oxygens (including phenoxy) is 1. The van der Waals surface area contributed by atoms with Gasteiger partial charge in [-0.05, 0) is 50.6 Å². The molecule has 2 rings (SSSR count). The summed E-state index contributed by atoms with van der Waals surface area (Å²) in [5.41, 5.74) is 9.00. The molecule has 132 valence electrons. The molecule has 1 unspecified atom stereocenters. The van der Waals surface area contributed by atoms with E-state index in [1.807, 2.05) is 32.0 Å². The summed E-state index contributed by atoms with van der Waals surface area (Å²) in [4.78, 5) is 23.5. The number of nitrogens with two attached hydrogens (primary N) is 1. The van der Waals surface area contributed by atoms with E-state index in [0.29, 0.717) is 16.8 Å². The van der Waals surface area contributed by atoms with Crippen LogP contribution in [0.4, 0.5) is 10.5 Å². The maximum Gasteiger partial charge on any atom is 0.319 e. The minimum absolute atomic E-state index is 0.235. The molecule has 0 aliphatic rings. The van der Waals surface area contributed by atoms with E-state index in [4.69, 9.17) is 10.5 Å². The summed E-state index contributed by atoms with van der Waals surface area (Å²) in [6, 6.07) is 10.2. The van der Waals surface area contributed by atoms with E-state index < -0.39 is 5.91 Å². The van der Waals surface area contributed by atoms with Crippen LogP contribution >= 0.6 is 0 Å². The standard InChI is InChI=1S/C19H23N3O3/c1-11-5-8-17(25-4)16(9-11)13(3)21-19(24)22-14-6-7-15(18(20)23)12(2)10-14/h5-10,13H,1-4H3,(H2,20,23)(H2,21,22,24). The van der Waals surface area contributed by atoms with Crippen LogP contribution in [0.1, 0.15) is 40.0 Å². The van der Waals surface area contributed by atoms with Gasteiger partial charge in [-0.2, -0.15) is 0 Å². The molecule has 2 aromatic carbocycles. The van der Waals surface area contributed by atoms with Gasteiger partial charge in [-0.1, -0.05) is 17.7 Å². The predicted molar refractivity (Wildman–Crippen MR) is 98.0 cm³/mol. The van der Waals surface area contributed by atoms with Gasteiger partial charge in [0.15, 0.2) is 0 Å². The summed E-state index contributed by atoms with van der Waals surface area (Å²) >= 11 is 0. The number of hydrogen-bond acceptors (Lipinski definition) is 3. The number of urea groups is 1. The van der Waals surface area contributed by atoms with Crippen molar-refractivity contribution in [3.63, 3.8) is 0 Å². The van der Waals surface area contributed by atoms with Crippen molar-refractivity contribution in [2.45, 2.75) is 26.8 Å². The number of carbonyl (C=O) groups is 2. The van der Waals surface area contributed by atoms with Crippen LogP contribution in [-0.4, -0.2) is 19.0 Å². The van der Waals surface area contributed by atoms with Crippen molar-refractivity contribution in [3.8, 4) is 5.75 Å². The van der Waals surface area contributed by atoms with Crippen LogP contribution in [0, 0.1) is 13.8 Å². The summed E-state index contributed by atoms with van der Waals surface area (Å²) in [7, 11) is 1.60. The number of rotatable bonds is 5. The number of hydrogen-bond donors (Lipinski definition) is 3. The van der Waals surface area contributed by atoms with Gasteiger partial charge >= 0.3 is 6.03 Å². The van der Waals surface area contributed by atoms with Crippen molar-refractivity contribution in [2.24, 2.45) is 5.73 Å². The van der Waals surface area contributed by atoms with Crippen LogP contribution < -0.4 is 21.1 Å². The summed E-state index contributed by atoms with van der Waals surface area (Å²) in [6.07, 6.45) is 0. The highest BCUT2D eigenvalue weighted by atomic mass is 16.5. The van der Waals surface area contributed by atoms with Crippen molar-refractivity contribution < 1.29 is 14.3 Å². The average molecular weight is 341 g/mol. The molecule has 0 heterocycles. The third-order valence-electron chi connectivity index (χ3n) is 3.95. The molecule has 0 spiro atoms. The van der Waals surface area contributed by atoms with Gasteiger partial charge in [-0.25, -0.2) is 4.79 Å². The third-order valence-corrected chi connectivity index (χ3v) is 3.95. The first-order valence-corrected chi connectivity index (χ1v) is 7.94. The fraction of sp³-hybridized carbons (Fsp3) is 0.263. The summed E-state index contributed by atoms with van der Waals surface area (Å²) in [5, 5.41) is 5.64. The van der Waals surface area contributed by atoms with Crippen LogP contribution in [0.5, 0.6) is 5.75 Å².